The van der Waals surface area contributed by atoms with Crippen molar-refractivity contribution in [1.29, 1.82) is 0 Å². The van der Waals surface area contributed by atoms with Crippen LogP contribution in [0.3, 0.4) is 0 Å². The fraction of sp³-hybridized carbons (Fsp3) is 0.462. The van der Waals surface area contributed by atoms with E-state index in [0.717, 1.165) is 18.7 Å². The van der Waals surface area contributed by atoms with E-state index in [-0.39, 0.29) is 29.8 Å². The van der Waals surface area contributed by atoms with Crippen molar-refractivity contribution < 1.29 is 4.39 Å². The standard InChI is InChI=1S/C13H21FN4.HI/c1-4-18(5-2)12-7-6-10(8-11(12)14)9-17-13(15)16-3;/h6-8H,4-5,9H2,1-3H3,(H3,15,16,17);1H. The third-order valence-corrected chi connectivity index (χ3v) is 2.83. The SMILES string of the molecule is CCN(CC)c1ccc(CNC(N)=NC)cc1F.I. The Bertz CT molecular complexity index is 419. The lowest BCUT2D eigenvalue weighted by Gasteiger charge is -2.22. The third-order valence-electron chi connectivity index (χ3n) is 2.83. The maximum Gasteiger partial charge on any atom is 0.188 e. The van der Waals surface area contributed by atoms with Crippen molar-refractivity contribution in [2.24, 2.45) is 10.7 Å². The second-order valence-corrected chi connectivity index (χ2v) is 3.92. The van der Waals surface area contributed by atoms with Crippen LogP contribution in [-0.2, 0) is 6.54 Å². The smallest absolute Gasteiger partial charge is 0.188 e. The van der Waals surface area contributed by atoms with Gasteiger partial charge in [0.05, 0.1) is 5.69 Å². The zero-order chi connectivity index (χ0) is 13.5. The third kappa shape index (κ3) is 5.22. The first-order valence-electron chi connectivity index (χ1n) is 6.11. The molecule has 0 heterocycles. The van der Waals surface area contributed by atoms with Gasteiger partial charge in [-0.1, -0.05) is 6.07 Å². The van der Waals surface area contributed by atoms with Crippen LogP contribution >= 0.6 is 24.0 Å². The molecule has 0 amide bonds. The summed E-state index contributed by atoms with van der Waals surface area (Å²) in [5, 5.41) is 2.90. The van der Waals surface area contributed by atoms with Crippen LogP contribution in [0.5, 0.6) is 0 Å². The highest BCUT2D eigenvalue weighted by Crippen LogP contribution is 2.20. The highest BCUT2D eigenvalue weighted by molar-refractivity contribution is 14.0. The molecule has 0 aromatic heterocycles. The van der Waals surface area contributed by atoms with Gasteiger partial charge in [-0.15, -0.1) is 24.0 Å². The predicted octanol–water partition coefficient (Wildman–Crippen LogP) is 2.32. The molecule has 0 saturated carbocycles. The number of nitrogens with zero attached hydrogens (tertiary/aromatic N) is 2. The monoisotopic (exact) mass is 380 g/mol. The topological polar surface area (TPSA) is 53.6 Å². The first kappa shape index (κ1) is 17.9. The number of halogens is 2. The number of hydrogen-bond acceptors (Lipinski definition) is 2. The maximum absolute atomic E-state index is 13.9. The van der Waals surface area contributed by atoms with Crippen LogP contribution in [0, 0.1) is 5.82 Å². The van der Waals surface area contributed by atoms with Gasteiger partial charge in [0.25, 0.3) is 0 Å². The minimum Gasteiger partial charge on any atom is -0.370 e. The van der Waals surface area contributed by atoms with Gasteiger partial charge in [-0.3, -0.25) is 4.99 Å². The Hall–Kier alpha value is -1.05. The summed E-state index contributed by atoms with van der Waals surface area (Å²) in [6.07, 6.45) is 0. The zero-order valence-corrected chi connectivity index (χ0v) is 13.9. The molecule has 0 unspecified atom stereocenters. The van der Waals surface area contributed by atoms with Gasteiger partial charge in [-0.05, 0) is 31.5 Å². The first-order valence-corrected chi connectivity index (χ1v) is 6.11. The van der Waals surface area contributed by atoms with Crippen molar-refractivity contribution in [1.82, 2.24) is 5.32 Å². The largest absolute Gasteiger partial charge is 0.370 e. The van der Waals surface area contributed by atoms with Gasteiger partial charge in [0.1, 0.15) is 5.82 Å². The number of nitrogens with one attached hydrogen (secondary N) is 1. The van der Waals surface area contributed by atoms with Crippen LogP contribution < -0.4 is 16.0 Å². The lowest BCUT2D eigenvalue weighted by atomic mass is 10.2. The molecule has 0 aliphatic heterocycles. The molecular weight excluding hydrogens is 358 g/mol. The summed E-state index contributed by atoms with van der Waals surface area (Å²) in [5.74, 6) is 0.147. The first-order chi connectivity index (χ1) is 8.62. The molecule has 1 aromatic carbocycles. The van der Waals surface area contributed by atoms with Crippen molar-refractivity contribution in [2.45, 2.75) is 20.4 Å². The number of rotatable bonds is 5. The highest BCUT2D eigenvalue weighted by atomic mass is 127. The molecule has 3 N–H and O–H groups in total. The number of aliphatic imine (C=N–C) groups is 1. The maximum atomic E-state index is 13.9. The lowest BCUT2D eigenvalue weighted by Crippen LogP contribution is -2.30. The molecule has 0 spiro atoms. The van der Waals surface area contributed by atoms with Crippen molar-refractivity contribution in [3.05, 3.63) is 29.6 Å². The van der Waals surface area contributed by atoms with Gasteiger partial charge in [0.15, 0.2) is 5.96 Å². The highest BCUT2D eigenvalue weighted by Gasteiger charge is 2.08. The van der Waals surface area contributed by atoms with Crippen molar-refractivity contribution in [3.63, 3.8) is 0 Å². The van der Waals surface area contributed by atoms with E-state index in [1.54, 1.807) is 13.1 Å². The van der Waals surface area contributed by atoms with Crippen LogP contribution in [0.4, 0.5) is 10.1 Å². The van der Waals surface area contributed by atoms with E-state index in [9.17, 15) is 4.39 Å². The van der Waals surface area contributed by atoms with E-state index < -0.39 is 0 Å². The van der Waals surface area contributed by atoms with E-state index in [0.29, 0.717) is 18.2 Å². The summed E-state index contributed by atoms with van der Waals surface area (Å²) in [5.41, 5.74) is 7.00. The molecule has 108 valence electrons. The van der Waals surface area contributed by atoms with Gasteiger partial charge >= 0.3 is 0 Å². The summed E-state index contributed by atoms with van der Waals surface area (Å²) in [7, 11) is 1.60. The number of anilines is 1. The van der Waals surface area contributed by atoms with Crippen molar-refractivity contribution in [2.75, 3.05) is 25.0 Å². The number of benzene rings is 1. The minimum absolute atomic E-state index is 0. The Morgan fingerprint density at radius 1 is 1.37 bits per heavy atom. The zero-order valence-electron chi connectivity index (χ0n) is 11.6. The Morgan fingerprint density at radius 3 is 2.47 bits per heavy atom. The Kier molecular flexibility index (Phi) is 8.46. The molecule has 0 bridgehead atoms. The van der Waals surface area contributed by atoms with Crippen molar-refractivity contribution >= 4 is 35.6 Å². The van der Waals surface area contributed by atoms with Crippen LogP contribution in [0.1, 0.15) is 19.4 Å². The van der Waals surface area contributed by atoms with Crippen LogP contribution in [0.2, 0.25) is 0 Å². The van der Waals surface area contributed by atoms with Crippen LogP contribution in [0.25, 0.3) is 0 Å². The van der Waals surface area contributed by atoms with Gasteiger partial charge < -0.3 is 16.0 Å². The number of nitrogens with two attached hydrogens (primary N) is 1. The summed E-state index contributed by atoms with van der Waals surface area (Å²) < 4.78 is 13.9. The molecule has 1 rings (SSSR count). The summed E-state index contributed by atoms with van der Waals surface area (Å²) in [4.78, 5) is 5.76. The molecule has 1 aromatic rings. The summed E-state index contributed by atoms with van der Waals surface area (Å²) in [6, 6.07) is 5.23. The fourth-order valence-corrected chi connectivity index (χ4v) is 1.75. The van der Waals surface area contributed by atoms with Gasteiger partial charge in [-0.25, -0.2) is 4.39 Å². The molecule has 0 fully saturated rings. The van der Waals surface area contributed by atoms with E-state index in [2.05, 4.69) is 10.3 Å². The van der Waals surface area contributed by atoms with E-state index in [1.807, 2.05) is 24.8 Å². The average molecular weight is 380 g/mol. The molecular formula is C13H22FIN4. The molecule has 19 heavy (non-hydrogen) atoms. The molecule has 4 nitrogen and oxygen atoms in total. The van der Waals surface area contributed by atoms with E-state index in [4.69, 9.17) is 5.73 Å². The van der Waals surface area contributed by atoms with Gasteiger partial charge in [0, 0.05) is 26.7 Å². The van der Waals surface area contributed by atoms with E-state index in [1.165, 1.54) is 6.07 Å². The molecule has 6 heteroatoms. The average Bonchev–Trinajstić information content (AvgIpc) is 2.39. The number of hydrogen-bond donors (Lipinski definition) is 2. The molecule has 0 aliphatic rings. The lowest BCUT2D eigenvalue weighted by molar-refractivity contribution is 0.617. The van der Waals surface area contributed by atoms with Crippen LogP contribution in [-0.4, -0.2) is 26.1 Å². The predicted molar refractivity (Wildman–Crippen MR) is 89.8 cm³/mol. The normalized spacial score (nSPS) is 10.8. The van der Waals surface area contributed by atoms with Gasteiger partial charge in [-0.2, -0.15) is 0 Å². The van der Waals surface area contributed by atoms with E-state index >= 15 is 0 Å². The van der Waals surface area contributed by atoms with Crippen LogP contribution in [0.15, 0.2) is 23.2 Å². The quantitative estimate of drug-likeness (QED) is 0.469. The molecule has 0 aliphatic carbocycles. The fourth-order valence-electron chi connectivity index (χ4n) is 1.75. The minimum atomic E-state index is -0.204. The van der Waals surface area contributed by atoms with Crippen molar-refractivity contribution in [3.8, 4) is 0 Å². The molecule has 0 radical (unpaired) electrons. The Balaban J connectivity index is 0.00000324. The van der Waals surface area contributed by atoms with Gasteiger partial charge in [0.2, 0.25) is 0 Å². The summed E-state index contributed by atoms with van der Waals surface area (Å²) in [6.45, 7) is 6.08. The second-order valence-electron chi connectivity index (χ2n) is 3.92. The molecule has 0 atom stereocenters. The Morgan fingerprint density at radius 2 is 2.00 bits per heavy atom. The molecule has 0 saturated heterocycles. The second kappa shape index (κ2) is 8.95. The number of guanidine groups is 1. The summed E-state index contributed by atoms with van der Waals surface area (Å²) >= 11 is 0. The Labute approximate surface area is 131 Å².